The van der Waals surface area contributed by atoms with Crippen molar-refractivity contribution >= 4 is 30.9 Å². The van der Waals surface area contributed by atoms with Crippen molar-refractivity contribution in [2.75, 3.05) is 12.3 Å². The van der Waals surface area contributed by atoms with Crippen LogP contribution in [0.3, 0.4) is 0 Å². The Hall–Kier alpha value is 0.110. The fourth-order valence-electron chi connectivity index (χ4n) is 4.61. The minimum Gasteiger partial charge on any atom is -0.387 e. The van der Waals surface area contributed by atoms with Gasteiger partial charge in [-0.05, 0) is 61.7 Å². The van der Waals surface area contributed by atoms with Crippen LogP contribution in [0, 0.1) is 29.6 Å². The molecule has 0 aromatic heterocycles. The largest absolute Gasteiger partial charge is 0.387 e. The molecule has 0 heterocycles. The molecule has 4 aliphatic carbocycles. The third-order valence-electron chi connectivity index (χ3n) is 5.09. The molecule has 4 aliphatic rings. The van der Waals surface area contributed by atoms with Crippen molar-refractivity contribution in [1.82, 2.24) is 0 Å². The van der Waals surface area contributed by atoms with E-state index in [1.165, 1.54) is 32.1 Å². The molecule has 0 aromatic rings. The van der Waals surface area contributed by atoms with Gasteiger partial charge in [0.1, 0.15) is 5.84 Å². The Balaban J connectivity index is 0.00000108. The summed E-state index contributed by atoms with van der Waals surface area (Å²) >= 11 is 4.16. The lowest BCUT2D eigenvalue weighted by molar-refractivity contribution is -0.0319. The van der Waals surface area contributed by atoms with E-state index in [2.05, 4.69) is 17.6 Å². The van der Waals surface area contributed by atoms with Crippen LogP contribution < -0.4 is 5.73 Å². The molecule has 4 heteroatoms. The smallest absolute Gasteiger partial charge is 0.103 e. The number of hydrogen-bond acceptors (Lipinski definition) is 2. The molecule has 0 radical (unpaired) electrons. The molecule has 4 fully saturated rings. The summed E-state index contributed by atoms with van der Waals surface area (Å²) in [5.74, 6) is 6.21. The predicted octanol–water partition coefficient (Wildman–Crippen LogP) is 2.77. The maximum Gasteiger partial charge on any atom is 0.103 e. The lowest BCUT2D eigenvalue weighted by Gasteiger charge is -2.54. The molecule has 0 saturated heterocycles. The van der Waals surface area contributed by atoms with Gasteiger partial charge in [0.05, 0.1) is 0 Å². The fraction of sp³-hybridized carbons (Fsp3) is 0.923. The zero-order valence-corrected chi connectivity index (χ0v) is 11.9. The molecule has 0 aromatic carbocycles. The molecule has 17 heavy (non-hydrogen) atoms. The Morgan fingerprint density at radius 3 is 2.06 bits per heavy atom. The Bertz CT molecular complexity index is 278. The van der Waals surface area contributed by atoms with E-state index in [0.29, 0.717) is 5.75 Å². The lowest BCUT2D eigenvalue weighted by atomic mass is 9.52. The number of hydrogen-bond donors (Lipinski definition) is 2. The molecule has 4 saturated carbocycles. The highest BCUT2D eigenvalue weighted by Crippen LogP contribution is 2.56. The van der Waals surface area contributed by atoms with E-state index in [0.717, 1.165) is 42.0 Å². The minimum absolute atomic E-state index is 0. The lowest BCUT2D eigenvalue weighted by Crippen LogP contribution is -2.46. The van der Waals surface area contributed by atoms with Crippen molar-refractivity contribution < 1.29 is 0 Å². The van der Waals surface area contributed by atoms with Gasteiger partial charge < -0.3 is 5.73 Å². The van der Waals surface area contributed by atoms with Crippen LogP contribution in [-0.4, -0.2) is 18.1 Å². The van der Waals surface area contributed by atoms with Crippen molar-refractivity contribution in [3.8, 4) is 0 Å². The summed E-state index contributed by atoms with van der Waals surface area (Å²) in [6.07, 6.45) is 7.45. The molecule has 0 aliphatic heterocycles. The first kappa shape index (κ1) is 13.5. The molecule has 0 spiro atoms. The summed E-state index contributed by atoms with van der Waals surface area (Å²) in [5.41, 5.74) is 5.75. The summed E-state index contributed by atoms with van der Waals surface area (Å²) in [7, 11) is 0. The number of rotatable bonds is 3. The summed E-state index contributed by atoms with van der Waals surface area (Å²) in [5, 5.41) is 0. The quantitative estimate of drug-likeness (QED) is 0.464. The van der Waals surface area contributed by atoms with Crippen LogP contribution in [-0.2, 0) is 0 Å². The standard InChI is InChI=1S/C13H22N2S.ClH/c14-13(7-16)15-6-12-10-2-8-1-9(4-10)5-11(12)3-8;/h8-12,16H,1-7H2,(H2,14,15);1H. The van der Waals surface area contributed by atoms with E-state index in [9.17, 15) is 0 Å². The molecule has 0 unspecified atom stereocenters. The highest BCUT2D eigenvalue weighted by atomic mass is 35.5. The van der Waals surface area contributed by atoms with Crippen molar-refractivity contribution in [3.63, 3.8) is 0 Å². The van der Waals surface area contributed by atoms with E-state index in [1.54, 1.807) is 0 Å². The monoisotopic (exact) mass is 274 g/mol. The number of amidine groups is 1. The highest BCUT2D eigenvalue weighted by Gasteiger charge is 2.47. The van der Waals surface area contributed by atoms with Crippen molar-refractivity contribution in [2.24, 2.45) is 40.3 Å². The van der Waals surface area contributed by atoms with Crippen LogP contribution in [0.4, 0.5) is 0 Å². The van der Waals surface area contributed by atoms with E-state index >= 15 is 0 Å². The third-order valence-corrected chi connectivity index (χ3v) is 5.41. The molecule has 2 nitrogen and oxygen atoms in total. The van der Waals surface area contributed by atoms with Gasteiger partial charge in [-0.15, -0.1) is 12.4 Å². The average Bonchev–Trinajstić information content (AvgIpc) is 2.26. The maximum atomic E-state index is 5.75. The van der Waals surface area contributed by atoms with Gasteiger partial charge in [0.2, 0.25) is 0 Å². The fourth-order valence-corrected chi connectivity index (χ4v) is 4.71. The van der Waals surface area contributed by atoms with Gasteiger partial charge in [-0.25, -0.2) is 0 Å². The summed E-state index contributed by atoms with van der Waals surface area (Å²) < 4.78 is 0. The van der Waals surface area contributed by atoms with Gasteiger partial charge in [0.15, 0.2) is 0 Å². The van der Waals surface area contributed by atoms with Crippen molar-refractivity contribution in [1.29, 1.82) is 0 Å². The third kappa shape index (κ3) is 2.60. The number of nitrogens with zero attached hydrogens (tertiary/aromatic N) is 1. The predicted molar refractivity (Wildman–Crippen MR) is 78.1 cm³/mol. The maximum absolute atomic E-state index is 5.75. The first-order valence-corrected chi connectivity index (χ1v) is 7.29. The zero-order chi connectivity index (χ0) is 11.1. The molecule has 0 atom stereocenters. The first-order chi connectivity index (χ1) is 7.76. The average molecular weight is 275 g/mol. The van der Waals surface area contributed by atoms with Gasteiger partial charge in [0, 0.05) is 12.3 Å². The van der Waals surface area contributed by atoms with E-state index in [4.69, 9.17) is 5.73 Å². The second-order valence-corrected chi connectivity index (χ2v) is 6.40. The first-order valence-electron chi connectivity index (χ1n) is 6.66. The van der Waals surface area contributed by atoms with Gasteiger partial charge in [-0.3, -0.25) is 4.99 Å². The van der Waals surface area contributed by atoms with Crippen molar-refractivity contribution in [2.45, 2.75) is 32.1 Å². The zero-order valence-electron chi connectivity index (χ0n) is 10.2. The SMILES string of the molecule is Cl.NC(CS)=NCC1C2CC3CC(C2)CC1C3. The molecular weight excluding hydrogens is 252 g/mol. The van der Waals surface area contributed by atoms with Crippen LogP contribution >= 0.6 is 25.0 Å². The molecule has 4 bridgehead atoms. The van der Waals surface area contributed by atoms with E-state index < -0.39 is 0 Å². The van der Waals surface area contributed by atoms with Crippen LogP contribution in [0.25, 0.3) is 0 Å². The number of thiol groups is 1. The van der Waals surface area contributed by atoms with Gasteiger partial charge >= 0.3 is 0 Å². The normalized spacial score (nSPS) is 43.6. The molecule has 98 valence electrons. The number of nitrogens with two attached hydrogens (primary N) is 1. The van der Waals surface area contributed by atoms with Gasteiger partial charge in [-0.1, -0.05) is 0 Å². The Morgan fingerprint density at radius 1 is 1.06 bits per heavy atom. The number of halogens is 1. The van der Waals surface area contributed by atoms with Crippen LogP contribution in [0.5, 0.6) is 0 Å². The summed E-state index contributed by atoms with van der Waals surface area (Å²) in [4.78, 5) is 4.51. The summed E-state index contributed by atoms with van der Waals surface area (Å²) in [6.45, 7) is 0.973. The van der Waals surface area contributed by atoms with Crippen LogP contribution in [0.1, 0.15) is 32.1 Å². The highest BCUT2D eigenvalue weighted by molar-refractivity contribution is 7.81. The van der Waals surface area contributed by atoms with E-state index in [1.807, 2.05) is 0 Å². The van der Waals surface area contributed by atoms with Gasteiger partial charge in [-0.2, -0.15) is 12.6 Å². The molecule has 4 rings (SSSR count). The Labute approximate surface area is 116 Å². The number of aliphatic imine (C=N–C) groups is 1. The molecule has 0 amide bonds. The van der Waals surface area contributed by atoms with Gasteiger partial charge in [0.25, 0.3) is 0 Å². The Morgan fingerprint density at radius 2 is 1.59 bits per heavy atom. The van der Waals surface area contributed by atoms with Crippen LogP contribution in [0.15, 0.2) is 4.99 Å². The second-order valence-electron chi connectivity index (χ2n) is 6.08. The Kier molecular flexibility index (Phi) is 4.30. The minimum atomic E-state index is 0. The van der Waals surface area contributed by atoms with Crippen molar-refractivity contribution in [3.05, 3.63) is 0 Å². The molecule has 2 N–H and O–H groups in total. The van der Waals surface area contributed by atoms with E-state index in [-0.39, 0.29) is 12.4 Å². The topological polar surface area (TPSA) is 38.4 Å². The summed E-state index contributed by atoms with van der Waals surface area (Å²) in [6, 6.07) is 0. The van der Waals surface area contributed by atoms with Crippen LogP contribution in [0.2, 0.25) is 0 Å². The molecular formula is C13H23ClN2S. The second kappa shape index (κ2) is 5.40.